The van der Waals surface area contributed by atoms with Gasteiger partial charge in [0, 0.05) is 5.56 Å². The highest BCUT2D eigenvalue weighted by Gasteiger charge is 2.31. The summed E-state index contributed by atoms with van der Waals surface area (Å²) in [4.78, 5) is 0. The third kappa shape index (κ3) is 5.83. The second-order valence-corrected chi connectivity index (χ2v) is 4.92. The molecule has 3 nitrogen and oxygen atoms in total. The van der Waals surface area contributed by atoms with Crippen LogP contribution in [0.3, 0.4) is 0 Å². The molecule has 0 N–H and O–H groups in total. The van der Waals surface area contributed by atoms with Crippen LogP contribution in [0, 0.1) is 0 Å². The van der Waals surface area contributed by atoms with Gasteiger partial charge in [0.15, 0.2) is 0 Å². The molecule has 1 rings (SSSR count). The van der Waals surface area contributed by atoms with Gasteiger partial charge in [0.1, 0.15) is 11.5 Å². The summed E-state index contributed by atoms with van der Waals surface area (Å²) < 4.78 is 50.9. The molecule has 0 aliphatic rings. The Labute approximate surface area is 110 Å². The monoisotopic (exact) mass is 278 g/mol. The molecule has 0 aromatic heterocycles. The van der Waals surface area contributed by atoms with E-state index in [2.05, 4.69) is 4.74 Å². The number of alkyl halides is 3. The fourth-order valence-corrected chi connectivity index (χ4v) is 1.36. The van der Waals surface area contributed by atoms with Crippen molar-refractivity contribution in [2.75, 3.05) is 7.11 Å². The standard InChI is InChI=1S/C13H17F3O3/c1-12(2,3)18-8-9-7-10(19-13(14,15)16)5-6-11(9)17-4/h5-7H,8H2,1-4H3. The SMILES string of the molecule is COc1ccc(OC(F)(F)F)cc1COC(C)(C)C. The fraction of sp³-hybridized carbons (Fsp3) is 0.538. The predicted molar refractivity (Wildman–Crippen MR) is 64.2 cm³/mol. The summed E-state index contributed by atoms with van der Waals surface area (Å²) in [5.41, 5.74) is 0.102. The van der Waals surface area contributed by atoms with Crippen molar-refractivity contribution >= 4 is 0 Å². The highest BCUT2D eigenvalue weighted by molar-refractivity contribution is 5.40. The summed E-state index contributed by atoms with van der Waals surface area (Å²) in [5.74, 6) is 0.166. The topological polar surface area (TPSA) is 27.7 Å². The first-order valence-electron chi connectivity index (χ1n) is 5.67. The van der Waals surface area contributed by atoms with Crippen molar-refractivity contribution in [2.24, 2.45) is 0 Å². The van der Waals surface area contributed by atoms with Crippen LogP contribution in [0.25, 0.3) is 0 Å². The van der Waals surface area contributed by atoms with Gasteiger partial charge in [-0.1, -0.05) is 0 Å². The van der Waals surface area contributed by atoms with Crippen LogP contribution >= 0.6 is 0 Å². The Hall–Kier alpha value is -1.43. The smallest absolute Gasteiger partial charge is 0.496 e. The van der Waals surface area contributed by atoms with Crippen LogP contribution in [-0.4, -0.2) is 19.1 Å². The molecule has 0 atom stereocenters. The van der Waals surface area contributed by atoms with Gasteiger partial charge >= 0.3 is 6.36 Å². The molecular weight excluding hydrogens is 261 g/mol. The quantitative estimate of drug-likeness (QED) is 0.835. The zero-order valence-electron chi connectivity index (χ0n) is 11.3. The van der Waals surface area contributed by atoms with E-state index >= 15 is 0 Å². The maximum Gasteiger partial charge on any atom is 0.573 e. The number of hydrogen-bond donors (Lipinski definition) is 0. The summed E-state index contributed by atoms with van der Waals surface area (Å²) in [5, 5.41) is 0. The largest absolute Gasteiger partial charge is 0.573 e. The molecule has 6 heteroatoms. The van der Waals surface area contributed by atoms with E-state index in [1.165, 1.54) is 25.3 Å². The van der Waals surface area contributed by atoms with Gasteiger partial charge in [-0.2, -0.15) is 0 Å². The second-order valence-electron chi connectivity index (χ2n) is 4.92. The highest BCUT2D eigenvalue weighted by atomic mass is 19.4. The van der Waals surface area contributed by atoms with E-state index in [-0.39, 0.29) is 12.4 Å². The molecule has 19 heavy (non-hydrogen) atoms. The van der Waals surface area contributed by atoms with Gasteiger partial charge in [-0.15, -0.1) is 13.2 Å². The van der Waals surface area contributed by atoms with Gasteiger partial charge in [-0.25, -0.2) is 0 Å². The average molecular weight is 278 g/mol. The van der Waals surface area contributed by atoms with Crippen molar-refractivity contribution in [3.05, 3.63) is 23.8 Å². The first-order chi connectivity index (χ1) is 8.61. The van der Waals surface area contributed by atoms with Crippen molar-refractivity contribution in [1.82, 2.24) is 0 Å². The van der Waals surface area contributed by atoms with E-state index in [1.807, 2.05) is 20.8 Å². The first-order valence-corrected chi connectivity index (χ1v) is 5.67. The lowest BCUT2D eigenvalue weighted by molar-refractivity contribution is -0.274. The van der Waals surface area contributed by atoms with Crippen LogP contribution in [0.15, 0.2) is 18.2 Å². The molecular formula is C13H17F3O3. The van der Waals surface area contributed by atoms with Crippen LogP contribution in [0.1, 0.15) is 26.3 Å². The summed E-state index contributed by atoms with van der Waals surface area (Å²) in [6.45, 7) is 5.71. The molecule has 108 valence electrons. The number of hydrogen-bond acceptors (Lipinski definition) is 3. The van der Waals surface area contributed by atoms with E-state index < -0.39 is 12.0 Å². The van der Waals surface area contributed by atoms with E-state index in [4.69, 9.17) is 9.47 Å². The average Bonchev–Trinajstić information content (AvgIpc) is 2.23. The minimum atomic E-state index is -4.71. The second kappa shape index (κ2) is 5.69. The molecule has 0 heterocycles. The van der Waals surface area contributed by atoms with E-state index in [0.717, 1.165) is 0 Å². The maximum atomic E-state index is 12.1. The van der Waals surface area contributed by atoms with Crippen LogP contribution in [0.5, 0.6) is 11.5 Å². The van der Waals surface area contributed by atoms with E-state index in [0.29, 0.717) is 11.3 Å². The van der Waals surface area contributed by atoms with Crippen molar-refractivity contribution in [2.45, 2.75) is 39.3 Å². The molecule has 1 aromatic rings. The third-order valence-corrected chi connectivity index (χ3v) is 2.15. The molecule has 0 unspecified atom stereocenters. The van der Waals surface area contributed by atoms with Crippen molar-refractivity contribution in [1.29, 1.82) is 0 Å². The lowest BCUT2D eigenvalue weighted by Crippen LogP contribution is -2.19. The Morgan fingerprint density at radius 2 is 1.74 bits per heavy atom. The Balaban J connectivity index is 2.90. The Morgan fingerprint density at radius 1 is 1.11 bits per heavy atom. The molecule has 0 fully saturated rings. The normalized spacial score (nSPS) is 12.4. The molecule has 0 bridgehead atoms. The Morgan fingerprint density at radius 3 is 2.21 bits per heavy atom. The number of rotatable bonds is 4. The molecule has 0 saturated carbocycles. The molecule has 1 aromatic carbocycles. The molecule has 0 aliphatic carbocycles. The lowest BCUT2D eigenvalue weighted by atomic mass is 10.1. The van der Waals surface area contributed by atoms with Gasteiger partial charge in [-0.3, -0.25) is 0 Å². The third-order valence-electron chi connectivity index (χ3n) is 2.15. The number of benzene rings is 1. The van der Waals surface area contributed by atoms with E-state index in [1.54, 1.807) is 0 Å². The van der Waals surface area contributed by atoms with Crippen LogP contribution in [0.2, 0.25) is 0 Å². The van der Waals surface area contributed by atoms with E-state index in [9.17, 15) is 13.2 Å². The number of methoxy groups -OCH3 is 1. The first kappa shape index (κ1) is 15.6. The molecule has 0 spiro atoms. The maximum absolute atomic E-state index is 12.1. The minimum Gasteiger partial charge on any atom is -0.496 e. The number of ether oxygens (including phenoxy) is 3. The molecule has 0 radical (unpaired) electrons. The Bertz CT molecular complexity index is 422. The van der Waals surface area contributed by atoms with Crippen LogP contribution in [-0.2, 0) is 11.3 Å². The summed E-state index contributed by atoms with van der Waals surface area (Å²) in [6, 6.07) is 3.88. The van der Waals surface area contributed by atoms with Gasteiger partial charge in [-0.05, 0) is 39.0 Å². The number of halogens is 3. The van der Waals surface area contributed by atoms with Crippen LogP contribution in [0.4, 0.5) is 13.2 Å². The summed E-state index contributed by atoms with van der Waals surface area (Å²) in [6.07, 6.45) is -4.71. The minimum absolute atomic E-state index is 0.141. The fourth-order valence-electron chi connectivity index (χ4n) is 1.36. The zero-order chi connectivity index (χ0) is 14.7. The predicted octanol–water partition coefficient (Wildman–Crippen LogP) is 3.91. The van der Waals surface area contributed by atoms with Gasteiger partial charge in [0.2, 0.25) is 0 Å². The van der Waals surface area contributed by atoms with Crippen molar-refractivity contribution in [3.8, 4) is 11.5 Å². The van der Waals surface area contributed by atoms with Gasteiger partial charge < -0.3 is 14.2 Å². The molecule has 0 amide bonds. The molecule has 0 aliphatic heterocycles. The highest BCUT2D eigenvalue weighted by Crippen LogP contribution is 2.29. The van der Waals surface area contributed by atoms with Crippen LogP contribution < -0.4 is 9.47 Å². The Kier molecular flexibility index (Phi) is 4.68. The molecule has 0 saturated heterocycles. The van der Waals surface area contributed by atoms with Gasteiger partial charge in [0.25, 0.3) is 0 Å². The zero-order valence-corrected chi connectivity index (χ0v) is 11.3. The van der Waals surface area contributed by atoms with Crippen molar-refractivity contribution < 1.29 is 27.4 Å². The summed E-state index contributed by atoms with van der Waals surface area (Å²) >= 11 is 0. The summed E-state index contributed by atoms with van der Waals surface area (Å²) in [7, 11) is 1.44. The lowest BCUT2D eigenvalue weighted by Gasteiger charge is -2.21. The van der Waals surface area contributed by atoms with Crippen molar-refractivity contribution in [3.63, 3.8) is 0 Å². The van der Waals surface area contributed by atoms with Gasteiger partial charge in [0.05, 0.1) is 19.3 Å².